The number of hydrogen-bond donors (Lipinski definition) is 1. The van der Waals surface area contributed by atoms with E-state index in [0.717, 1.165) is 44.9 Å². The zero-order valence-corrected chi connectivity index (χ0v) is 13.9. The van der Waals surface area contributed by atoms with Crippen molar-refractivity contribution in [2.24, 2.45) is 34.5 Å². The molecule has 0 aromatic heterocycles. The molecule has 4 aliphatic rings. The van der Waals surface area contributed by atoms with Gasteiger partial charge in [0.25, 0.3) is 0 Å². The first-order valence-corrected chi connectivity index (χ1v) is 9.20. The van der Waals surface area contributed by atoms with Crippen LogP contribution in [0.2, 0.25) is 0 Å². The fourth-order valence-corrected chi connectivity index (χ4v) is 6.99. The number of aliphatic hydroxyl groups is 1. The molecule has 0 heterocycles. The number of halogens is 1. The third-order valence-corrected chi connectivity index (χ3v) is 8.42. The van der Waals surface area contributed by atoms with E-state index in [9.17, 15) is 14.3 Å². The van der Waals surface area contributed by atoms with Crippen molar-refractivity contribution in [3.63, 3.8) is 0 Å². The topological polar surface area (TPSA) is 37.3 Å². The summed E-state index contributed by atoms with van der Waals surface area (Å²) in [5.41, 5.74) is 0.0613. The monoisotopic (exact) mass is 308 g/mol. The number of aliphatic hydroxyl groups excluding tert-OH is 1. The maximum absolute atomic E-state index is 14.2. The lowest BCUT2D eigenvalue weighted by molar-refractivity contribution is -0.142. The Kier molecular flexibility index (Phi) is 3.28. The summed E-state index contributed by atoms with van der Waals surface area (Å²) >= 11 is 0. The fourth-order valence-electron chi connectivity index (χ4n) is 6.99. The van der Waals surface area contributed by atoms with E-state index >= 15 is 0 Å². The Bertz CT molecular complexity index is 492. The first-order valence-electron chi connectivity index (χ1n) is 9.20. The molecule has 1 N–H and O–H groups in total. The van der Waals surface area contributed by atoms with Gasteiger partial charge < -0.3 is 5.11 Å². The highest BCUT2D eigenvalue weighted by molar-refractivity contribution is 5.79. The van der Waals surface area contributed by atoms with Gasteiger partial charge >= 0.3 is 0 Å². The predicted octanol–water partition coefficient (Wildman–Crippen LogP) is 3.91. The lowest BCUT2D eigenvalue weighted by Gasteiger charge is -2.59. The highest BCUT2D eigenvalue weighted by Crippen LogP contribution is 2.66. The van der Waals surface area contributed by atoms with Crippen LogP contribution in [0.1, 0.15) is 65.2 Å². The summed E-state index contributed by atoms with van der Waals surface area (Å²) in [5, 5.41) is 10.4. The molecule has 0 saturated heterocycles. The zero-order chi connectivity index (χ0) is 15.7. The van der Waals surface area contributed by atoms with E-state index in [1.165, 1.54) is 0 Å². The van der Waals surface area contributed by atoms with Gasteiger partial charge in [-0.3, -0.25) is 4.79 Å². The van der Waals surface area contributed by atoms with E-state index in [4.69, 9.17) is 0 Å². The van der Waals surface area contributed by atoms with Crippen LogP contribution in [0, 0.1) is 34.5 Å². The molecular formula is C19H29FO2. The molecule has 1 unspecified atom stereocenters. The van der Waals surface area contributed by atoms with E-state index in [-0.39, 0.29) is 10.8 Å². The summed E-state index contributed by atoms with van der Waals surface area (Å²) < 4.78 is 14.2. The number of ketones is 1. The van der Waals surface area contributed by atoms with Crippen LogP contribution in [0.4, 0.5) is 4.39 Å². The van der Waals surface area contributed by atoms with Crippen molar-refractivity contribution in [2.75, 3.05) is 0 Å². The minimum Gasteiger partial charge on any atom is -0.390 e. The lowest BCUT2D eigenvalue weighted by Crippen LogP contribution is -2.54. The van der Waals surface area contributed by atoms with Gasteiger partial charge in [0, 0.05) is 12.8 Å². The van der Waals surface area contributed by atoms with E-state index in [1.54, 1.807) is 0 Å². The second-order valence-corrected chi connectivity index (χ2v) is 9.14. The van der Waals surface area contributed by atoms with Crippen molar-refractivity contribution >= 4 is 5.78 Å². The molecule has 0 amide bonds. The van der Waals surface area contributed by atoms with E-state index in [2.05, 4.69) is 13.8 Å². The molecule has 0 aromatic carbocycles. The number of carbonyl (C=O) groups excluding carboxylic acids is 1. The van der Waals surface area contributed by atoms with Crippen LogP contribution in [0.3, 0.4) is 0 Å². The fraction of sp³-hybridized carbons (Fsp3) is 0.947. The number of hydrogen-bond acceptors (Lipinski definition) is 2. The second-order valence-electron chi connectivity index (χ2n) is 9.14. The van der Waals surface area contributed by atoms with Crippen LogP contribution in [0.15, 0.2) is 0 Å². The maximum Gasteiger partial charge on any atom is 0.133 e. The quantitative estimate of drug-likeness (QED) is 0.737. The van der Waals surface area contributed by atoms with Crippen molar-refractivity contribution in [1.82, 2.24) is 0 Å². The summed E-state index contributed by atoms with van der Waals surface area (Å²) in [7, 11) is 0. The Morgan fingerprint density at radius 2 is 1.86 bits per heavy atom. The van der Waals surface area contributed by atoms with Gasteiger partial charge in [0.2, 0.25) is 0 Å². The molecule has 22 heavy (non-hydrogen) atoms. The summed E-state index contributed by atoms with van der Waals surface area (Å²) in [6, 6.07) is 0. The Morgan fingerprint density at radius 1 is 1.09 bits per heavy atom. The summed E-state index contributed by atoms with van der Waals surface area (Å²) in [6.07, 6.45) is 5.63. The molecular weight excluding hydrogens is 279 g/mol. The average molecular weight is 308 g/mol. The molecule has 4 fully saturated rings. The molecule has 0 spiro atoms. The van der Waals surface area contributed by atoms with E-state index in [0.29, 0.717) is 35.9 Å². The minimum atomic E-state index is -1.03. The van der Waals surface area contributed by atoms with E-state index < -0.39 is 12.3 Å². The van der Waals surface area contributed by atoms with Gasteiger partial charge in [-0.05, 0) is 73.0 Å². The van der Waals surface area contributed by atoms with Crippen molar-refractivity contribution < 1.29 is 14.3 Å². The summed E-state index contributed by atoms with van der Waals surface area (Å²) in [4.78, 5) is 11.9. The third kappa shape index (κ3) is 1.84. The van der Waals surface area contributed by atoms with Crippen LogP contribution in [-0.4, -0.2) is 23.2 Å². The molecule has 8 atom stereocenters. The molecule has 3 heteroatoms. The molecule has 0 aliphatic heterocycles. The van der Waals surface area contributed by atoms with E-state index in [1.807, 2.05) is 0 Å². The van der Waals surface area contributed by atoms with Gasteiger partial charge in [0.1, 0.15) is 12.0 Å². The SMILES string of the molecule is C[C@]12CC[C@H]3[C@@H](CCC4CC(=O)CC[C@@]43C)[C@@H]1C[C@@H](F)[C@H]2O. The predicted molar refractivity (Wildman–Crippen MR) is 83.0 cm³/mol. The van der Waals surface area contributed by atoms with Crippen molar-refractivity contribution in [1.29, 1.82) is 0 Å². The van der Waals surface area contributed by atoms with Crippen molar-refractivity contribution in [2.45, 2.75) is 77.5 Å². The maximum atomic E-state index is 14.2. The Balaban J connectivity index is 1.64. The van der Waals surface area contributed by atoms with Gasteiger partial charge in [-0.15, -0.1) is 0 Å². The highest BCUT2D eigenvalue weighted by Gasteiger charge is 2.62. The van der Waals surface area contributed by atoms with Crippen LogP contribution in [0.5, 0.6) is 0 Å². The Morgan fingerprint density at radius 3 is 2.64 bits per heavy atom. The number of carbonyl (C=O) groups is 1. The number of fused-ring (bicyclic) bond motifs is 5. The lowest BCUT2D eigenvalue weighted by atomic mass is 9.45. The van der Waals surface area contributed by atoms with Gasteiger partial charge in [0.15, 0.2) is 0 Å². The van der Waals surface area contributed by atoms with Gasteiger partial charge in [0.05, 0.1) is 6.10 Å². The summed E-state index contributed by atoms with van der Waals surface area (Å²) in [5.74, 6) is 2.53. The highest BCUT2D eigenvalue weighted by atomic mass is 19.1. The number of alkyl halides is 1. The average Bonchev–Trinajstić information content (AvgIpc) is 2.72. The van der Waals surface area contributed by atoms with Crippen LogP contribution in [0.25, 0.3) is 0 Å². The van der Waals surface area contributed by atoms with Gasteiger partial charge in [-0.1, -0.05) is 13.8 Å². The second kappa shape index (κ2) is 4.78. The third-order valence-electron chi connectivity index (χ3n) is 8.42. The molecule has 2 nitrogen and oxygen atoms in total. The smallest absolute Gasteiger partial charge is 0.133 e. The molecule has 124 valence electrons. The first-order chi connectivity index (χ1) is 10.4. The standard InChI is InChI=1S/C19H29FO2/c1-18-7-5-12(21)9-11(18)3-4-13-14(18)6-8-19(2)15(13)10-16(20)17(19)22/h11,13-17,22H,3-10H2,1-2H3/t11?,13-,14+,15+,16-,17-,18+,19+/m1/s1. The van der Waals surface area contributed by atoms with Crippen molar-refractivity contribution in [3.8, 4) is 0 Å². The normalized spacial score (nSPS) is 57.9. The van der Waals surface area contributed by atoms with Crippen LogP contribution in [-0.2, 0) is 4.79 Å². The molecule has 4 rings (SSSR count). The minimum absolute atomic E-state index is 0.214. The Hall–Kier alpha value is -0.440. The first kappa shape index (κ1) is 15.1. The van der Waals surface area contributed by atoms with Crippen molar-refractivity contribution in [3.05, 3.63) is 0 Å². The Labute approximate surface area is 132 Å². The number of rotatable bonds is 0. The van der Waals surface area contributed by atoms with Crippen LogP contribution < -0.4 is 0 Å². The molecule has 0 radical (unpaired) electrons. The largest absolute Gasteiger partial charge is 0.390 e. The molecule has 0 bridgehead atoms. The van der Waals surface area contributed by atoms with Crippen LogP contribution >= 0.6 is 0 Å². The molecule has 4 saturated carbocycles. The van der Waals surface area contributed by atoms with Gasteiger partial charge in [-0.25, -0.2) is 4.39 Å². The molecule has 4 aliphatic carbocycles. The van der Waals surface area contributed by atoms with Gasteiger partial charge in [-0.2, -0.15) is 0 Å². The zero-order valence-electron chi connectivity index (χ0n) is 13.9. The number of Topliss-reactive ketones (excluding diaryl/α,β-unsaturated/α-hetero) is 1. The summed E-state index contributed by atoms with van der Waals surface area (Å²) in [6.45, 7) is 4.53. The molecule has 0 aromatic rings.